The van der Waals surface area contributed by atoms with Crippen molar-refractivity contribution in [2.24, 2.45) is 0 Å². The number of carbonyl (C=O) groups excluding carboxylic acids is 1. The van der Waals surface area contributed by atoms with Crippen LogP contribution in [-0.2, 0) is 24.3 Å². The molecule has 0 fully saturated rings. The van der Waals surface area contributed by atoms with Crippen molar-refractivity contribution in [1.29, 1.82) is 0 Å². The highest BCUT2D eigenvalue weighted by molar-refractivity contribution is 5.95. The number of benzene rings is 2. The van der Waals surface area contributed by atoms with Crippen LogP contribution in [0.5, 0.6) is 0 Å². The van der Waals surface area contributed by atoms with Crippen molar-refractivity contribution in [3.63, 3.8) is 0 Å². The molecule has 5 rings (SSSR count). The highest BCUT2D eigenvalue weighted by atomic mass is 16.2. The van der Waals surface area contributed by atoms with Crippen LogP contribution < -0.4 is 16.1 Å². The van der Waals surface area contributed by atoms with Gasteiger partial charge in [-0.15, -0.1) is 0 Å². The Hall–Kier alpha value is -4.00. The maximum atomic E-state index is 13.3. The standard InChI is InChI=1S/C24H20N4O3/c29-21(26-14-12-18-9-4-5-10-19(18)26)16-27-20-11-6-13-25-22(20)23(30)28(24(27)31)15-17-7-2-1-3-8-17/h1-11,13H,12,14-16H2. The fourth-order valence-corrected chi connectivity index (χ4v) is 4.12. The lowest BCUT2D eigenvalue weighted by Gasteiger charge is -2.19. The van der Waals surface area contributed by atoms with Crippen LogP contribution in [-0.4, -0.2) is 26.6 Å². The Morgan fingerprint density at radius 1 is 0.903 bits per heavy atom. The summed E-state index contributed by atoms with van der Waals surface area (Å²) in [4.78, 5) is 45.4. The molecule has 0 atom stereocenters. The lowest BCUT2D eigenvalue weighted by molar-refractivity contribution is -0.119. The van der Waals surface area contributed by atoms with Gasteiger partial charge in [0.1, 0.15) is 6.54 Å². The number of carbonyl (C=O) groups is 1. The lowest BCUT2D eigenvalue weighted by atomic mass is 10.2. The molecule has 7 nitrogen and oxygen atoms in total. The van der Waals surface area contributed by atoms with Crippen molar-refractivity contribution in [2.75, 3.05) is 11.4 Å². The number of rotatable bonds is 4. The average molecular weight is 412 g/mol. The van der Waals surface area contributed by atoms with E-state index in [4.69, 9.17) is 0 Å². The van der Waals surface area contributed by atoms with E-state index < -0.39 is 11.2 Å². The highest BCUT2D eigenvalue weighted by Crippen LogP contribution is 2.27. The van der Waals surface area contributed by atoms with Gasteiger partial charge in [0.25, 0.3) is 5.56 Å². The zero-order valence-electron chi connectivity index (χ0n) is 16.8. The van der Waals surface area contributed by atoms with E-state index in [2.05, 4.69) is 4.98 Å². The second kappa shape index (κ2) is 7.68. The molecule has 0 unspecified atom stereocenters. The number of fused-ring (bicyclic) bond motifs is 2. The minimum atomic E-state index is -0.518. The van der Waals surface area contributed by atoms with E-state index in [-0.39, 0.29) is 24.5 Å². The highest BCUT2D eigenvalue weighted by Gasteiger charge is 2.25. The molecular weight excluding hydrogens is 392 g/mol. The number of anilines is 1. The second-order valence-electron chi connectivity index (χ2n) is 7.54. The maximum Gasteiger partial charge on any atom is 0.332 e. The molecule has 0 bridgehead atoms. The van der Waals surface area contributed by atoms with Crippen LogP contribution in [0, 0.1) is 0 Å². The zero-order chi connectivity index (χ0) is 21.4. The topological polar surface area (TPSA) is 77.2 Å². The Kier molecular flexibility index (Phi) is 4.71. The van der Waals surface area contributed by atoms with Crippen molar-refractivity contribution >= 4 is 22.6 Å². The van der Waals surface area contributed by atoms with E-state index in [9.17, 15) is 14.4 Å². The first-order valence-corrected chi connectivity index (χ1v) is 10.1. The molecule has 1 aliphatic rings. The molecule has 0 spiro atoms. The molecule has 2 aromatic carbocycles. The van der Waals surface area contributed by atoms with E-state index in [1.165, 1.54) is 10.8 Å². The minimum Gasteiger partial charge on any atom is -0.310 e. The predicted octanol–water partition coefficient (Wildman–Crippen LogP) is 2.20. The molecule has 4 aromatic rings. The van der Waals surface area contributed by atoms with Gasteiger partial charge in [-0.3, -0.25) is 18.7 Å². The summed E-state index contributed by atoms with van der Waals surface area (Å²) >= 11 is 0. The van der Waals surface area contributed by atoms with Gasteiger partial charge < -0.3 is 4.90 Å². The largest absolute Gasteiger partial charge is 0.332 e. The average Bonchev–Trinajstić information content (AvgIpc) is 3.24. The van der Waals surface area contributed by atoms with Crippen molar-refractivity contribution in [2.45, 2.75) is 19.5 Å². The number of hydrogen-bond donors (Lipinski definition) is 0. The molecule has 1 amide bonds. The molecule has 0 aliphatic carbocycles. The third-order valence-electron chi connectivity index (χ3n) is 5.65. The van der Waals surface area contributed by atoms with Crippen LogP contribution in [0.25, 0.3) is 11.0 Å². The number of pyridine rings is 1. The van der Waals surface area contributed by atoms with Gasteiger partial charge in [-0.1, -0.05) is 48.5 Å². The summed E-state index contributed by atoms with van der Waals surface area (Å²) in [6.45, 7) is 0.531. The van der Waals surface area contributed by atoms with E-state index in [1.54, 1.807) is 17.0 Å². The first-order valence-electron chi connectivity index (χ1n) is 10.1. The Morgan fingerprint density at radius 3 is 2.52 bits per heavy atom. The molecule has 7 heteroatoms. The van der Waals surface area contributed by atoms with Crippen LogP contribution in [0.3, 0.4) is 0 Å². The Balaban J connectivity index is 1.59. The zero-order valence-corrected chi connectivity index (χ0v) is 16.8. The first-order chi connectivity index (χ1) is 15.1. The Bertz CT molecular complexity index is 1410. The van der Waals surface area contributed by atoms with E-state index in [0.29, 0.717) is 12.1 Å². The first kappa shape index (κ1) is 19.0. The van der Waals surface area contributed by atoms with E-state index in [0.717, 1.165) is 27.8 Å². The fourth-order valence-electron chi connectivity index (χ4n) is 4.12. The van der Waals surface area contributed by atoms with Crippen molar-refractivity contribution in [3.05, 3.63) is 105 Å². The summed E-state index contributed by atoms with van der Waals surface area (Å²) in [5.74, 6) is -0.192. The van der Waals surface area contributed by atoms with Crippen molar-refractivity contribution < 1.29 is 4.79 Å². The third kappa shape index (κ3) is 3.34. The van der Waals surface area contributed by atoms with Crippen LogP contribution in [0.1, 0.15) is 11.1 Å². The summed E-state index contributed by atoms with van der Waals surface area (Å²) < 4.78 is 2.51. The monoisotopic (exact) mass is 412 g/mol. The molecule has 154 valence electrons. The number of aromatic nitrogens is 3. The lowest BCUT2D eigenvalue weighted by Crippen LogP contribution is -2.43. The van der Waals surface area contributed by atoms with Gasteiger partial charge in [-0.25, -0.2) is 9.78 Å². The molecule has 1 aliphatic heterocycles. The summed E-state index contributed by atoms with van der Waals surface area (Å²) in [5.41, 5.74) is 2.37. The molecule has 0 radical (unpaired) electrons. The quantitative estimate of drug-likeness (QED) is 0.515. The van der Waals surface area contributed by atoms with E-state index in [1.807, 2.05) is 54.6 Å². The van der Waals surface area contributed by atoms with Gasteiger partial charge in [0, 0.05) is 18.4 Å². The number of nitrogens with zero attached hydrogens (tertiary/aromatic N) is 4. The Morgan fingerprint density at radius 2 is 1.68 bits per heavy atom. The summed E-state index contributed by atoms with van der Waals surface area (Å²) in [7, 11) is 0. The summed E-state index contributed by atoms with van der Waals surface area (Å²) in [5, 5.41) is 0. The van der Waals surface area contributed by atoms with Crippen molar-refractivity contribution in [3.8, 4) is 0 Å². The van der Waals surface area contributed by atoms with Crippen LogP contribution in [0.4, 0.5) is 5.69 Å². The number of amides is 1. The maximum absolute atomic E-state index is 13.3. The van der Waals surface area contributed by atoms with Gasteiger partial charge in [0.15, 0.2) is 5.52 Å². The normalized spacial score (nSPS) is 12.8. The van der Waals surface area contributed by atoms with Gasteiger partial charge in [-0.05, 0) is 35.7 Å². The van der Waals surface area contributed by atoms with Crippen LogP contribution >= 0.6 is 0 Å². The van der Waals surface area contributed by atoms with Gasteiger partial charge in [-0.2, -0.15) is 0 Å². The molecular formula is C24H20N4O3. The SMILES string of the molecule is O=C(Cn1c(=O)n(Cc2ccccc2)c(=O)c2ncccc21)N1CCc2ccccc21. The molecule has 2 aromatic heterocycles. The van der Waals surface area contributed by atoms with Gasteiger partial charge >= 0.3 is 5.69 Å². The van der Waals surface area contributed by atoms with Crippen molar-refractivity contribution in [1.82, 2.24) is 14.1 Å². The summed E-state index contributed by atoms with van der Waals surface area (Å²) in [6.07, 6.45) is 2.30. The van der Waals surface area contributed by atoms with E-state index >= 15 is 0 Å². The van der Waals surface area contributed by atoms with Crippen LogP contribution in [0.15, 0.2) is 82.5 Å². The Labute approximate surface area is 177 Å². The van der Waals surface area contributed by atoms with Gasteiger partial charge in [0.05, 0.1) is 12.1 Å². The molecule has 0 N–H and O–H groups in total. The van der Waals surface area contributed by atoms with Gasteiger partial charge in [0.2, 0.25) is 5.91 Å². The number of hydrogen-bond acceptors (Lipinski definition) is 4. The van der Waals surface area contributed by atoms with Crippen LogP contribution in [0.2, 0.25) is 0 Å². The molecule has 31 heavy (non-hydrogen) atoms. The smallest absolute Gasteiger partial charge is 0.310 e. The third-order valence-corrected chi connectivity index (χ3v) is 5.65. The molecule has 0 saturated heterocycles. The predicted molar refractivity (Wildman–Crippen MR) is 118 cm³/mol. The molecule has 3 heterocycles. The molecule has 0 saturated carbocycles. The second-order valence-corrected chi connectivity index (χ2v) is 7.54. The minimum absolute atomic E-state index is 0.117. The summed E-state index contributed by atoms with van der Waals surface area (Å²) in [6, 6.07) is 20.4. The fraction of sp³-hybridized carbons (Fsp3) is 0.167. The number of para-hydroxylation sites is 1.